The van der Waals surface area contributed by atoms with Gasteiger partial charge in [0.2, 0.25) is 11.8 Å². The molecule has 24 heavy (non-hydrogen) atoms. The average Bonchev–Trinajstić information content (AvgIpc) is 2.97. The van der Waals surface area contributed by atoms with Gasteiger partial charge in [0.15, 0.2) is 0 Å². The summed E-state index contributed by atoms with van der Waals surface area (Å²) in [5, 5.41) is 11.6. The first-order chi connectivity index (χ1) is 11.5. The maximum absolute atomic E-state index is 13.7. The zero-order chi connectivity index (χ0) is 17.3. The van der Waals surface area contributed by atoms with Gasteiger partial charge in [0, 0.05) is 5.75 Å². The van der Waals surface area contributed by atoms with Crippen LogP contribution in [0.1, 0.15) is 12.8 Å². The number of carbonyl (C=O) groups excluding carboxylic acids is 2. The Kier molecular flexibility index (Phi) is 4.75. The predicted molar refractivity (Wildman–Crippen MR) is 86.8 cm³/mol. The van der Waals surface area contributed by atoms with Crippen molar-refractivity contribution in [3.63, 3.8) is 0 Å². The van der Waals surface area contributed by atoms with E-state index < -0.39 is 35.6 Å². The topological polar surface area (TPSA) is 86.7 Å². The second-order valence-electron chi connectivity index (χ2n) is 5.92. The molecule has 1 aromatic carbocycles. The van der Waals surface area contributed by atoms with Gasteiger partial charge in [-0.3, -0.25) is 14.4 Å². The minimum Gasteiger partial charge on any atom is -0.481 e. The van der Waals surface area contributed by atoms with Gasteiger partial charge < -0.3 is 15.3 Å². The number of benzene rings is 1. The molecule has 8 heteroatoms. The van der Waals surface area contributed by atoms with Crippen LogP contribution in [0.3, 0.4) is 0 Å². The summed E-state index contributed by atoms with van der Waals surface area (Å²) in [4.78, 5) is 37.5. The van der Waals surface area contributed by atoms with E-state index in [9.17, 15) is 18.8 Å². The number of para-hydroxylation sites is 1. The van der Waals surface area contributed by atoms with Crippen molar-refractivity contribution in [1.82, 2.24) is 4.90 Å². The Bertz CT molecular complexity index is 684. The Morgan fingerprint density at radius 3 is 2.54 bits per heavy atom. The Morgan fingerprint density at radius 2 is 1.92 bits per heavy atom. The first-order valence-electron chi connectivity index (χ1n) is 7.65. The van der Waals surface area contributed by atoms with E-state index in [0.29, 0.717) is 24.5 Å². The van der Waals surface area contributed by atoms with Crippen LogP contribution >= 0.6 is 11.8 Å². The van der Waals surface area contributed by atoms with Crippen LogP contribution in [0.4, 0.5) is 10.1 Å². The molecule has 2 aliphatic rings. The molecule has 0 aromatic heterocycles. The highest BCUT2D eigenvalue weighted by molar-refractivity contribution is 7.99. The number of rotatable bonds is 4. The lowest BCUT2D eigenvalue weighted by molar-refractivity contribution is -0.157. The van der Waals surface area contributed by atoms with Gasteiger partial charge in [0.25, 0.3) is 0 Å². The van der Waals surface area contributed by atoms with E-state index in [1.807, 2.05) is 0 Å². The maximum atomic E-state index is 13.7. The van der Waals surface area contributed by atoms with Crippen molar-refractivity contribution in [1.29, 1.82) is 0 Å². The second-order valence-corrected chi connectivity index (χ2v) is 6.92. The molecule has 1 saturated carbocycles. The van der Waals surface area contributed by atoms with Crippen LogP contribution in [0, 0.1) is 17.7 Å². The molecule has 0 radical (unpaired) electrons. The molecule has 1 heterocycles. The molecule has 6 nitrogen and oxygen atoms in total. The molecule has 1 aliphatic carbocycles. The van der Waals surface area contributed by atoms with Crippen molar-refractivity contribution in [2.45, 2.75) is 18.9 Å². The van der Waals surface area contributed by atoms with Gasteiger partial charge in [-0.2, -0.15) is 0 Å². The van der Waals surface area contributed by atoms with Crippen molar-refractivity contribution < 1.29 is 23.9 Å². The number of thioether (sulfide) groups is 1. The van der Waals surface area contributed by atoms with Crippen molar-refractivity contribution in [2.24, 2.45) is 11.8 Å². The van der Waals surface area contributed by atoms with Gasteiger partial charge in [-0.25, -0.2) is 4.39 Å². The molecule has 2 fully saturated rings. The number of aliphatic carboxylic acids is 1. The van der Waals surface area contributed by atoms with Gasteiger partial charge >= 0.3 is 5.97 Å². The van der Waals surface area contributed by atoms with Crippen LogP contribution in [0.25, 0.3) is 0 Å². The summed E-state index contributed by atoms with van der Waals surface area (Å²) in [5.74, 6) is -2.74. The molecule has 3 atom stereocenters. The van der Waals surface area contributed by atoms with E-state index in [2.05, 4.69) is 5.32 Å². The van der Waals surface area contributed by atoms with Crippen LogP contribution in [-0.4, -0.2) is 45.5 Å². The van der Waals surface area contributed by atoms with Gasteiger partial charge in [-0.05, 0) is 25.0 Å². The highest BCUT2D eigenvalue weighted by atomic mass is 32.2. The fraction of sp³-hybridized carbons (Fsp3) is 0.438. The molecule has 0 spiro atoms. The third-order valence-electron chi connectivity index (χ3n) is 4.51. The molecule has 2 N–H and O–H groups in total. The lowest BCUT2D eigenvalue weighted by Crippen LogP contribution is -2.51. The van der Waals surface area contributed by atoms with Gasteiger partial charge in [-0.1, -0.05) is 12.1 Å². The zero-order valence-corrected chi connectivity index (χ0v) is 13.6. The normalized spacial score (nSPS) is 25.9. The van der Waals surface area contributed by atoms with Crippen LogP contribution in [0.2, 0.25) is 0 Å². The summed E-state index contributed by atoms with van der Waals surface area (Å²) in [5.41, 5.74) is 0.0684. The lowest BCUT2D eigenvalue weighted by atomic mass is 9.73. The van der Waals surface area contributed by atoms with Gasteiger partial charge in [-0.15, -0.1) is 11.8 Å². The quantitative estimate of drug-likeness (QED) is 0.863. The van der Waals surface area contributed by atoms with Gasteiger partial charge in [0.05, 0.1) is 23.4 Å². The third kappa shape index (κ3) is 3.10. The molecular formula is C16H17FN2O4S. The molecular weight excluding hydrogens is 335 g/mol. The summed E-state index contributed by atoms with van der Waals surface area (Å²) in [6, 6.07) is 5.12. The number of nitrogens with one attached hydrogen (secondary N) is 1. The number of amides is 2. The van der Waals surface area contributed by atoms with E-state index in [4.69, 9.17) is 5.11 Å². The monoisotopic (exact) mass is 352 g/mol. The number of halogens is 1. The molecule has 1 aliphatic heterocycles. The number of hydrogen-bond acceptors (Lipinski definition) is 4. The zero-order valence-electron chi connectivity index (χ0n) is 12.8. The number of carboxylic acids is 1. The maximum Gasteiger partial charge on any atom is 0.307 e. The number of hydrogen-bond donors (Lipinski definition) is 2. The van der Waals surface area contributed by atoms with E-state index >= 15 is 0 Å². The fourth-order valence-electron chi connectivity index (χ4n) is 2.96. The Morgan fingerprint density at radius 1 is 1.21 bits per heavy atom. The molecule has 3 unspecified atom stereocenters. The van der Waals surface area contributed by atoms with Crippen LogP contribution in [0.5, 0.6) is 0 Å². The Hall–Kier alpha value is -2.09. The largest absolute Gasteiger partial charge is 0.481 e. The molecule has 3 rings (SSSR count). The summed E-state index contributed by atoms with van der Waals surface area (Å²) in [6.07, 6.45) is 1.01. The first kappa shape index (κ1) is 16.8. The fourth-order valence-corrected chi connectivity index (χ4v) is 4.12. The van der Waals surface area contributed by atoms with Gasteiger partial charge in [0.1, 0.15) is 11.9 Å². The average molecular weight is 352 g/mol. The van der Waals surface area contributed by atoms with Crippen molar-refractivity contribution in [3.05, 3.63) is 30.1 Å². The molecule has 1 saturated heterocycles. The minimum atomic E-state index is -0.973. The first-order valence-corrected chi connectivity index (χ1v) is 8.81. The van der Waals surface area contributed by atoms with Crippen LogP contribution in [-0.2, 0) is 14.4 Å². The van der Waals surface area contributed by atoms with Crippen molar-refractivity contribution >= 4 is 35.2 Å². The van der Waals surface area contributed by atoms with E-state index in [-0.39, 0.29) is 11.6 Å². The van der Waals surface area contributed by atoms with Crippen molar-refractivity contribution in [3.8, 4) is 0 Å². The Labute approximate surface area is 142 Å². The van der Waals surface area contributed by atoms with E-state index in [0.717, 1.165) is 0 Å². The number of carboxylic acid groups (broad SMARTS) is 1. The second kappa shape index (κ2) is 6.80. The summed E-state index contributed by atoms with van der Waals surface area (Å²) in [6.45, 7) is 0. The van der Waals surface area contributed by atoms with Crippen LogP contribution in [0.15, 0.2) is 24.3 Å². The molecule has 128 valence electrons. The van der Waals surface area contributed by atoms with E-state index in [1.54, 1.807) is 6.07 Å². The van der Waals surface area contributed by atoms with Crippen LogP contribution < -0.4 is 5.32 Å². The predicted octanol–water partition coefficient (Wildman–Crippen LogP) is 1.78. The highest BCUT2D eigenvalue weighted by Gasteiger charge is 2.46. The summed E-state index contributed by atoms with van der Waals surface area (Å²) < 4.78 is 13.7. The number of anilines is 1. The highest BCUT2D eigenvalue weighted by Crippen LogP contribution is 2.38. The summed E-state index contributed by atoms with van der Waals surface area (Å²) in [7, 11) is 0. The SMILES string of the molecule is O=C(O)C1CCC1C(=O)N1CSCC1C(=O)Nc1ccccc1F. The summed E-state index contributed by atoms with van der Waals surface area (Å²) >= 11 is 1.43. The smallest absolute Gasteiger partial charge is 0.307 e. The number of nitrogens with zero attached hydrogens (tertiary/aromatic N) is 1. The minimum absolute atomic E-state index is 0.0684. The number of carbonyl (C=O) groups is 3. The standard InChI is InChI=1S/C16H17FN2O4S/c17-11-3-1-2-4-12(11)18-14(20)13-7-24-8-19(13)15(21)9-5-6-10(9)16(22)23/h1-4,9-10,13H,5-8H2,(H,18,20)(H,22,23). The lowest BCUT2D eigenvalue weighted by Gasteiger charge is -2.36. The Balaban J connectivity index is 1.69. The molecule has 2 amide bonds. The third-order valence-corrected chi connectivity index (χ3v) is 5.52. The van der Waals surface area contributed by atoms with Crippen molar-refractivity contribution in [2.75, 3.05) is 16.9 Å². The van der Waals surface area contributed by atoms with E-state index in [1.165, 1.54) is 34.9 Å². The molecule has 1 aromatic rings. The molecule has 0 bridgehead atoms.